The molecule has 6 nitrogen and oxygen atoms in total. The first-order valence-electron chi connectivity index (χ1n) is 7.86. The number of nitrogens with zero attached hydrogens (tertiary/aromatic N) is 1. The lowest BCUT2D eigenvalue weighted by Crippen LogP contribution is -2.40. The molecular weight excluding hydrogens is 366 g/mol. The van der Waals surface area contributed by atoms with Gasteiger partial charge in [0.15, 0.2) is 0 Å². The molecule has 1 amide bonds. The summed E-state index contributed by atoms with van der Waals surface area (Å²) >= 11 is 5.80. The van der Waals surface area contributed by atoms with Gasteiger partial charge in [0, 0.05) is 24.5 Å². The highest BCUT2D eigenvalue weighted by Crippen LogP contribution is 2.22. The molecule has 0 aliphatic carbocycles. The summed E-state index contributed by atoms with van der Waals surface area (Å²) in [6, 6.07) is 6.65. The van der Waals surface area contributed by atoms with Gasteiger partial charge in [0.05, 0.1) is 6.26 Å². The second-order valence-corrected chi connectivity index (χ2v) is 7.86. The fraction of sp³-hybridized carbons (Fsp3) is 0.471. The molecule has 1 saturated heterocycles. The van der Waals surface area contributed by atoms with E-state index in [4.69, 9.17) is 16.3 Å². The highest BCUT2D eigenvalue weighted by Gasteiger charge is 2.23. The summed E-state index contributed by atoms with van der Waals surface area (Å²) in [5, 5.41) is 0.587. The number of carbonyl (C=O) groups excluding carboxylic acids is 1. The Balaban J connectivity index is 1.71. The van der Waals surface area contributed by atoms with E-state index in [2.05, 4.69) is 16.0 Å². The molecule has 1 aromatic rings. The highest BCUT2D eigenvalue weighted by atomic mass is 35.5. The zero-order chi connectivity index (χ0) is 18.3. The van der Waals surface area contributed by atoms with Gasteiger partial charge in [-0.2, -0.15) is 8.42 Å². The molecule has 0 unspecified atom stereocenters. The van der Waals surface area contributed by atoms with Crippen molar-refractivity contribution in [1.82, 2.24) is 4.90 Å². The van der Waals surface area contributed by atoms with Gasteiger partial charge in [-0.15, -0.1) is 5.92 Å². The van der Waals surface area contributed by atoms with E-state index < -0.39 is 10.1 Å². The summed E-state index contributed by atoms with van der Waals surface area (Å²) < 4.78 is 31.5. The molecule has 25 heavy (non-hydrogen) atoms. The van der Waals surface area contributed by atoms with Crippen LogP contribution in [0.2, 0.25) is 5.02 Å². The van der Waals surface area contributed by atoms with E-state index in [1.165, 1.54) is 0 Å². The Morgan fingerprint density at radius 1 is 1.24 bits per heavy atom. The Morgan fingerprint density at radius 3 is 2.48 bits per heavy atom. The lowest BCUT2D eigenvalue weighted by atomic mass is 9.94. The van der Waals surface area contributed by atoms with Crippen LogP contribution in [0.4, 0.5) is 4.79 Å². The summed E-state index contributed by atoms with van der Waals surface area (Å²) in [4.78, 5) is 13.8. The van der Waals surface area contributed by atoms with Gasteiger partial charge >= 0.3 is 6.09 Å². The van der Waals surface area contributed by atoms with Crippen molar-refractivity contribution in [2.45, 2.75) is 19.3 Å². The van der Waals surface area contributed by atoms with Crippen LogP contribution in [0.5, 0.6) is 5.75 Å². The molecular formula is C17H20ClNO5S. The van der Waals surface area contributed by atoms with Crippen LogP contribution in [-0.4, -0.2) is 45.4 Å². The van der Waals surface area contributed by atoms with Crippen LogP contribution in [-0.2, 0) is 14.3 Å². The number of carbonyl (C=O) groups is 1. The summed E-state index contributed by atoms with van der Waals surface area (Å²) in [7, 11) is -3.44. The molecule has 0 saturated carbocycles. The molecule has 0 atom stereocenters. The highest BCUT2D eigenvalue weighted by molar-refractivity contribution is 7.86. The number of halogens is 1. The molecule has 1 fully saturated rings. The van der Waals surface area contributed by atoms with Crippen LogP contribution < -0.4 is 4.74 Å². The van der Waals surface area contributed by atoms with Gasteiger partial charge in [-0.05, 0) is 43.0 Å². The topological polar surface area (TPSA) is 72.9 Å². The molecule has 2 rings (SSSR count). The first-order valence-corrected chi connectivity index (χ1v) is 10.1. The monoisotopic (exact) mass is 385 g/mol. The summed E-state index contributed by atoms with van der Waals surface area (Å²) in [5.74, 6) is 6.47. The van der Waals surface area contributed by atoms with Crippen molar-refractivity contribution >= 4 is 27.8 Å². The Morgan fingerprint density at radius 2 is 1.88 bits per heavy atom. The average Bonchev–Trinajstić information content (AvgIpc) is 2.56. The third-order valence-corrected chi connectivity index (χ3v) is 4.55. The molecule has 136 valence electrons. The number of hydrogen-bond donors (Lipinski definition) is 0. The van der Waals surface area contributed by atoms with Gasteiger partial charge in [-0.3, -0.25) is 4.18 Å². The maximum Gasteiger partial charge on any atom is 0.415 e. The molecule has 1 heterocycles. The van der Waals surface area contributed by atoms with Crippen LogP contribution in [0.15, 0.2) is 24.3 Å². The second kappa shape index (κ2) is 9.09. The molecule has 1 aliphatic rings. The Kier molecular flexibility index (Phi) is 7.12. The van der Waals surface area contributed by atoms with Gasteiger partial charge < -0.3 is 9.64 Å². The predicted molar refractivity (Wildman–Crippen MR) is 95.0 cm³/mol. The van der Waals surface area contributed by atoms with Crippen LogP contribution in [0.25, 0.3) is 0 Å². The minimum absolute atomic E-state index is 0.120. The number of rotatable bonds is 4. The van der Waals surface area contributed by atoms with E-state index in [0.29, 0.717) is 36.2 Å². The van der Waals surface area contributed by atoms with E-state index in [-0.39, 0.29) is 12.7 Å². The Labute approximate surface area is 153 Å². The van der Waals surface area contributed by atoms with Gasteiger partial charge in [-0.1, -0.05) is 17.5 Å². The van der Waals surface area contributed by atoms with Gasteiger partial charge in [0.1, 0.15) is 12.4 Å². The van der Waals surface area contributed by atoms with Crippen LogP contribution >= 0.6 is 11.6 Å². The molecule has 0 aromatic heterocycles. The van der Waals surface area contributed by atoms with E-state index >= 15 is 0 Å². The van der Waals surface area contributed by atoms with Gasteiger partial charge in [-0.25, -0.2) is 4.79 Å². The summed E-state index contributed by atoms with van der Waals surface area (Å²) in [5.41, 5.74) is 0. The van der Waals surface area contributed by atoms with Crippen molar-refractivity contribution in [1.29, 1.82) is 0 Å². The zero-order valence-corrected chi connectivity index (χ0v) is 15.5. The molecule has 1 aromatic carbocycles. The first kappa shape index (κ1) is 19.6. The van der Waals surface area contributed by atoms with E-state index in [1.807, 2.05) is 0 Å². The van der Waals surface area contributed by atoms with Crippen molar-refractivity contribution in [3.63, 3.8) is 0 Å². The SMILES string of the molecule is CS(=O)(=O)OCC#CCC1CCN(C(=O)Oc2ccc(Cl)cc2)CC1. The molecule has 1 aliphatic heterocycles. The maximum atomic E-state index is 12.1. The molecule has 8 heteroatoms. The van der Waals surface area contributed by atoms with Crippen molar-refractivity contribution in [3.05, 3.63) is 29.3 Å². The number of hydrogen-bond acceptors (Lipinski definition) is 5. The normalized spacial score (nSPS) is 15.4. The van der Waals surface area contributed by atoms with Crippen LogP contribution in [0, 0.1) is 17.8 Å². The third kappa shape index (κ3) is 7.34. The van der Waals surface area contributed by atoms with Crippen molar-refractivity contribution in [3.8, 4) is 17.6 Å². The average molecular weight is 386 g/mol. The van der Waals surface area contributed by atoms with E-state index in [9.17, 15) is 13.2 Å². The largest absolute Gasteiger partial charge is 0.415 e. The number of likely N-dealkylation sites (tertiary alicyclic amines) is 1. The van der Waals surface area contributed by atoms with Crippen molar-refractivity contribution in [2.75, 3.05) is 26.0 Å². The van der Waals surface area contributed by atoms with E-state index in [0.717, 1.165) is 19.1 Å². The molecule has 0 bridgehead atoms. The van der Waals surface area contributed by atoms with Gasteiger partial charge in [0.2, 0.25) is 0 Å². The molecule has 0 N–H and O–H groups in total. The Hall–Kier alpha value is -1.75. The molecule has 0 spiro atoms. The van der Waals surface area contributed by atoms with Gasteiger partial charge in [0.25, 0.3) is 10.1 Å². The number of benzene rings is 1. The maximum absolute atomic E-state index is 12.1. The van der Waals surface area contributed by atoms with E-state index in [1.54, 1.807) is 29.2 Å². The van der Waals surface area contributed by atoms with Crippen LogP contribution in [0.1, 0.15) is 19.3 Å². The number of piperidine rings is 1. The number of amides is 1. The standard InChI is InChI=1S/C17H20ClNO5S/c1-25(21,22)23-13-3-2-4-14-9-11-19(12-10-14)17(20)24-16-7-5-15(18)6-8-16/h5-8,14H,4,9-13H2,1H3. The number of ether oxygens (including phenoxy) is 1. The van der Waals surface area contributed by atoms with Crippen LogP contribution in [0.3, 0.4) is 0 Å². The fourth-order valence-corrected chi connectivity index (χ4v) is 2.79. The minimum Gasteiger partial charge on any atom is -0.410 e. The second-order valence-electron chi connectivity index (χ2n) is 5.78. The Bertz CT molecular complexity index is 743. The van der Waals surface area contributed by atoms with Crippen molar-refractivity contribution < 1.29 is 22.1 Å². The third-order valence-electron chi connectivity index (χ3n) is 3.75. The quantitative estimate of drug-likeness (QED) is 0.588. The first-order chi connectivity index (χ1) is 11.8. The fourth-order valence-electron chi connectivity index (χ4n) is 2.39. The zero-order valence-electron chi connectivity index (χ0n) is 13.9. The molecule has 0 radical (unpaired) electrons. The minimum atomic E-state index is -3.44. The lowest BCUT2D eigenvalue weighted by Gasteiger charge is -2.30. The smallest absolute Gasteiger partial charge is 0.410 e. The lowest BCUT2D eigenvalue weighted by molar-refractivity contribution is 0.131. The summed E-state index contributed by atoms with van der Waals surface area (Å²) in [6.07, 6.45) is 2.95. The van der Waals surface area contributed by atoms with Crippen molar-refractivity contribution in [2.24, 2.45) is 5.92 Å². The predicted octanol–water partition coefficient (Wildman–Crippen LogP) is 2.92. The summed E-state index contributed by atoms with van der Waals surface area (Å²) in [6.45, 7) is 1.10.